The number of halogens is 1. The molecule has 1 N–H and O–H groups in total. The number of likely N-dealkylation sites (N-methyl/N-ethyl adjacent to an activating group) is 1. The van der Waals surface area contributed by atoms with Crippen LogP contribution in [0.1, 0.15) is 12.5 Å². The summed E-state index contributed by atoms with van der Waals surface area (Å²) in [5.41, 5.74) is 0.757. The maximum Gasteiger partial charge on any atom is 0.326 e. The Morgan fingerprint density at radius 3 is 3.00 bits per heavy atom. The average molecular weight is 235 g/mol. The second-order valence-electron chi connectivity index (χ2n) is 4.64. The Balaban J connectivity index is 2.19. The molecule has 1 aromatic heterocycles. The molecule has 0 radical (unpaired) electrons. The monoisotopic (exact) mass is 235 g/mol. The van der Waals surface area contributed by atoms with Gasteiger partial charge in [0.05, 0.1) is 11.6 Å². The highest BCUT2D eigenvalue weighted by atomic mass is 19.1. The van der Waals surface area contributed by atoms with Crippen LogP contribution >= 0.6 is 0 Å². The number of nitrogens with one attached hydrogen (secondary N) is 1. The van der Waals surface area contributed by atoms with Crippen molar-refractivity contribution in [2.45, 2.75) is 12.5 Å². The number of imidazole rings is 1. The maximum atomic E-state index is 13.5. The van der Waals surface area contributed by atoms with E-state index >= 15 is 0 Å². The van der Waals surface area contributed by atoms with E-state index in [-0.39, 0.29) is 17.5 Å². The molecule has 1 saturated heterocycles. The average Bonchev–Trinajstić information content (AvgIpc) is 2.82. The molecule has 0 bridgehead atoms. The molecule has 1 atom stereocenters. The van der Waals surface area contributed by atoms with Crippen molar-refractivity contribution in [1.82, 2.24) is 14.5 Å². The SMILES string of the molecule is CN1CCC(n2c(=O)[nH]c3c(F)cccc32)C1. The summed E-state index contributed by atoms with van der Waals surface area (Å²) >= 11 is 0. The lowest BCUT2D eigenvalue weighted by atomic mass is 10.2. The molecule has 1 aliphatic heterocycles. The summed E-state index contributed by atoms with van der Waals surface area (Å²) in [5.74, 6) is -0.371. The number of nitrogens with zero attached hydrogens (tertiary/aromatic N) is 2. The van der Waals surface area contributed by atoms with Gasteiger partial charge in [0.1, 0.15) is 11.3 Å². The molecule has 3 rings (SSSR count). The second-order valence-corrected chi connectivity index (χ2v) is 4.64. The highest BCUT2D eigenvalue weighted by Gasteiger charge is 2.24. The van der Waals surface area contributed by atoms with E-state index in [1.54, 1.807) is 16.7 Å². The number of aromatic nitrogens is 2. The van der Waals surface area contributed by atoms with Crippen LogP contribution in [0.5, 0.6) is 0 Å². The van der Waals surface area contributed by atoms with E-state index in [1.165, 1.54) is 6.07 Å². The first kappa shape index (κ1) is 10.5. The first-order valence-corrected chi connectivity index (χ1v) is 5.74. The van der Waals surface area contributed by atoms with Crippen molar-refractivity contribution in [2.24, 2.45) is 0 Å². The summed E-state index contributed by atoms with van der Waals surface area (Å²) in [7, 11) is 2.03. The number of para-hydroxylation sites is 1. The number of H-pyrrole nitrogens is 1. The first-order chi connectivity index (χ1) is 8.16. The van der Waals surface area contributed by atoms with E-state index < -0.39 is 0 Å². The summed E-state index contributed by atoms with van der Waals surface area (Å²) in [5, 5.41) is 0. The van der Waals surface area contributed by atoms with E-state index in [0.717, 1.165) is 19.5 Å². The van der Waals surface area contributed by atoms with E-state index in [9.17, 15) is 9.18 Å². The number of hydrogen-bond acceptors (Lipinski definition) is 2. The molecule has 0 saturated carbocycles. The van der Waals surface area contributed by atoms with Crippen molar-refractivity contribution in [3.63, 3.8) is 0 Å². The molecule has 0 aliphatic carbocycles. The number of benzene rings is 1. The molecule has 17 heavy (non-hydrogen) atoms. The van der Waals surface area contributed by atoms with Gasteiger partial charge in [-0.2, -0.15) is 0 Å². The van der Waals surface area contributed by atoms with Gasteiger partial charge in [0.2, 0.25) is 0 Å². The van der Waals surface area contributed by atoms with E-state index in [4.69, 9.17) is 0 Å². The predicted octanol–water partition coefficient (Wildman–Crippen LogP) is 1.35. The number of hydrogen-bond donors (Lipinski definition) is 1. The summed E-state index contributed by atoms with van der Waals surface area (Å²) in [6, 6.07) is 4.93. The molecule has 90 valence electrons. The molecule has 1 unspecified atom stereocenters. The predicted molar refractivity (Wildman–Crippen MR) is 63.7 cm³/mol. The lowest BCUT2D eigenvalue weighted by Crippen LogP contribution is -2.24. The van der Waals surface area contributed by atoms with Gasteiger partial charge in [-0.25, -0.2) is 9.18 Å². The molecule has 1 aromatic carbocycles. The summed E-state index contributed by atoms with van der Waals surface area (Å²) < 4.78 is 15.2. The van der Waals surface area contributed by atoms with E-state index in [0.29, 0.717) is 11.0 Å². The van der Waals surface area contributed by atoms with Crippen LogP contribution in [0.4, 0.5) is 4.39 Å². The fraction of sp³-hybridized carbons (Fsp3) is 0.417. The number of likely N-dealkylation sites (tertiary alicyclic amines) is 1. The lowest BCUT2D eigenvalue weighted by Gasteiger charge is -2.12. The summed E-state index contributed by atoms with van der Waals surface area (Å²) in [6.45, 7) is 1.81. The Kier molecular flexibility index (Phi) is 2.29. The largest absolute Gasteiger partial charge is 0.326 e. The number of aromatic amines is 1. The third-order valence-corrected chi connectivity index (χ3v) is 3.43. The van der Waals surface area contributed by atoms with Crippen LogP contribution in [0.25, 0.3) is 11.0 Å². The zero-order valence-electron chi connectivity index (χ0n) is 9.61. The summed E-state index contributed by atoms with van der Waals surface area (Å²) in [4.78, 5) is 16.7. The van der Waals surface area contributed by atoms with Gasteiger partial charge in [-0.3, -0.25) is 4.57 Å². The molecular weight excluding hydrogens is 221 g/mol. The van der Waals surface area contributed by atoms with Gasteiger partial charge in [0.15, 0.2) is 0 Å². The molecule has 1 fully saturated rings. The molecule has 2 heterocycles. The van der Waals surface area contributed by atoms with Gasteiger partial charge in [-0.15, -0.1) is 0 Å². The fourth-order valence-corrected chi connectivity index (χ4v) is 2.60. The van der Waals surface area contributed by atoms with Gasteiger partial charge in [0, 0.05) is 6.54 Å². The normalized spacial score (nSPS) is 21.4. The third kappa shape index (κ3) is 1.58. The van der Waals surface area contributed by atoms with Gasteiger partial charge in [0.25, 0.3) is 0 Å². The Morgan fingerprint density at radius 2 is 2.29 bits per heavy atom. The fourth-order valence-electron chi connectivity index (χ4n) is 2.60. The smallest absolute Gasteiger partial charge is 0.304 e. The second kappa shape index (κ2) is 3.70. The van der Waals surface area contributed by atoms with E-state index in [2.05, 4.69) is 9.88 Å². The number of rotatable bonds is 1. The molecule has 0 amide bonds. The van der Waals surface area contributed by atoms with Crippen LogP contribution in [0.3, 0.4) is 0 Å². The Bertz CT molecular complexity index is 616. The van der Waals surface area contributed by atoms with Crippen LogP contribution in [0.2, 0.25) is 0 Å². The summed E-state index contributed by atoms with van der Waals surface area (Å²) in [6.07, 6.45) is 0.930. The van der Waals surface area contributed by atoms with Gasteiger partial charge in [-0.1, -0.05) is 6.07 Å². The van der Waals surface area contributed by atoms with Gasteiger partial charge >= 0.3 is 5.69 Å². The zero-order valence-corrected chi connectivity index (χ0v) is 9.61. The van der Waals surface area contributed by atoms with Crippen molar-refractivity contribution in [3.8, 4) is 0 Å². The highest BCUT2D eigenvalue weighted by Crippen LogP contribution is 2.23. The molecule has 4 nitrogen and oxygen atoms in total. The van der Waals surface area contributed by atoms with Crippen molar-refractivity contribution in [1.29, 1.82) is 0 Å². The van der Waals surface area contributed by atoms with E-state index in [1.807, 2.05) is 7.05 Å². The zero-order chi connectivity index (χ0) is 12.0. The van der Waals surface area contributed by atoms with Gasteiger partial charge in [-0.05, 0) is 32.1 Å². The van der Waals surface area contributed by atoms with Crippen LogP contribution in [-0.2, 0) is 0 Å². The maximum absolute atomic E-state index is 13.5. The van der Waals surface area contributed by atoms with Crippen molar-refractivity contribution in [2.75, 3.05) is 20.1 Å². The molecule has 1 aliphatic rings. The highest BCUT2D eigenvalue weighted by molar-refractivity contribution is 5.75. The third-order valence-electron chi connectivity index (χ3n) is 3.43. The van der Waals surface area contributed by atoms with Crippen molar-refractivity contribution < 1.29 is 4.39 Å². The van der Waals surface area contributed by atoms with Crippen LogP contribution in [-0.4, -0.2) is 34.6 Å². The van der Waals surface area contributed by atoms with Crippen LogP contribution < -0.4 is 5.69 Å². The van der Waals surface area contributed by atoms with Gasteiger partial charge < -0.3 is 9.88 Å². The first-order valence-electron chi connectivity index (χ1n) is 5.74. The Labute approximate surface area is 97.7 Å². The molecule has 0 spiro atoms. The van der Waals surface area contributed by atoms with Crippen molar-refractivity contribution >= 4 is 11.0 Å². The minimum Gasteiger partial charge on any atom is -0.304 e. The topological polar surface area (TPSA) is 41.0 Å². The Hall–Kier alpha value is -1.62. The van der Waals surface area contributed by atoms with Crippen LogP contribution in [0, 0.1) is 5.82 Å². The van der Waals surface area contributed by atoms with Crippen LogP contribution in [0.15, 0.2) is 23.0 Å². The minimum atomic E-state index is -0.371. The van der Waals surface area contributed by atoms with Crippen molar-refractivity contribution in [3.05, 3.63) is 34.5 Å². The molecule has 2 aromatic rings. The molecular formula is C12H14FN3O. The quantitative estimate of drug-likeness (QED) is 0.810. The Morgan fingerprint density at radius 1 is 1.47 bits per heavy atom. The number of fused-ring (bicyclic) bond motifs is 1. The lowest BCUT2D eigenvalue weighted by molar-refractivity contribution is 0.392. The minimum absolute atomic E-state index is 0.142. The molecule has 5 heteroatoms. The standard InChI is InChI=1S/C12H14FN3O/c1-15-6-5-8(7-15)16-10-4-2-3-9(13)11(10)14-12(16)17/h2-4,8H,5-7H2,1H3,(H,14,17).